The lowest BCUT2D eigenvalue weighted by molar-refractivity contribution is 0.660. The summed E-state index contributed by atoms with van der Waals surface area (Å²) >= 11 is 0. The van der Waals surface area contributed by atoms with Crippen molar-refractivity contribution >= 4 is 60.8 Å². The van der Waals surface area contributed by atoms with E-state index in [1.165, 1.54) is 44.1 Å². The maximum atomic E-state index is 6.42. The molecule has 0 N–H and O–H groups in total. The van der Waals surface area contributed by atoms with Gasteiger partial charge in [-0.1, -0.05) is 135 Å². The van der Waals surface area contributed by atoms with Gasteiger partial charge in [0.2, 0.25) is 0 Å². The molecule has 3 nitrogen and oxygen atoms in total. The van der Waals surface area contributed by atoms with Crippen molar-refractivity contribution in [3.63, 3.8) is 0 Å². The Morgan fingerprint density at radius 3 is 1.96 bits per heavy atom. The molecule has 54 heavy (non-hydrogen) atoms. The van der Waals surface area contributed by atoms with Gasteiger partial charge in [-0.05, 0) is 88.5 Å². The van der Waals surface area contributed by atoms with Gasteiger partial charge in [0.05, 0.1) is 22.4 Å². The van der Waals surface area contributed by atoms with Gasteiger partial charge in [-0.2, -0.15) is 0 Å². The summed E-state index contributed by atoms with van der Waals surface area (Å²) in [6.07, 6.45) is 0. The molecule has 0 aliphatic heterocycles. The molecule has 0 unspecified atom stereocenters. The Hall–Kier alpha value is -6.84. The maximum absolute atomic E-state index is 6.42. The highest BCUT2D eigenvalue weighted by Crippen LogP contribution is 2.53. The number of hydrogen-bond acceptors (Lipinski definition) is 2. The molecule has 0 radical (unpaired) electrons. The van der Waals surface area contributed by atoms with E-state index in [0.29, 0.717) is 0 Å². The van der Waals surface area contributed by atoms with Gasteiger partial charge in [0.15, 0.2) is 0 Å². The Kier molecular flexibility index (Phi) is 6.60. The molecule has 2 aromatic heterocycles. The fourth-order valence-electron chi connectivity index (χ4n) is 9.18. The second kappa shape index (κ2) is 11.6. The number of aromatic nitrogens is 1. The largest absolute Gasteiger partial charge is 0.456 e. The zero-order valence-electron chi connectivity index (χ0n) is 30.1. The van der Waals surface area contributed by atoms with Gasteiger partial charge in [-0.3, -0.25) is 0 Å². The van der Waals surface area contributed by atoms with Crippen molar-refractivity contribution in [2.75, 3.05) is 4.90 Å². The Morgan fingerprint density at radius 1 is 0.444 bits per heavy atom. The van der Waals surface area contributed by atoms with Crippen LogP contribution >= 0.6 is 0 Å². The molecule has 0 amide bonds. The van der Waals surface area contributed by atoms with Crippen molar-refractivity contribution in [3.8, 4) is 27.9 Å². The molecule has 0 bridgehead atoms. The summed E-state index contributed by atoms with van der Waals surface area (Å²) in [7, 11) is 0. The Balaban J connectivity index is 1.24. The average molecular weight is 693 g/mol. The lowest BCUT2D eigenvalue weighted by Crippen LogP contribution is -2.17. The van der Waals surface area contributed by atoms with Crippen LogP contribution in [0.15, 0.2) is 186 Å². The minimum atomic E-state index is -0.149. The number of anilines is 3. The highest BCUT2D eigenvalue weighted by Gasteiger charge is 2.36. The van der Waals surface area contributed by atoms with Crippen LogP contribution in [0.1, 0.15) is 25.0 Å². The molecule has 256 valence electrons. The standard InChI is InChI=1S/C51H36N2O/c1-51(2)41-23-10-6-18-35(41)36-31-30-34(32-42(36)51)53(43-24-11-7-19-37(43)38-22-14-29-48-49(38)40-21-9-13-28-47(40)54-48)46-27-15-26-45-50(46)39-20-8-12-25-44(39)52(45)33-16-4-3-5-17-33/h3-32H,1-2H3. The van der Waals surface area contributed by atoms with Gasteiger partial charge in [-0.15, -0.1) is 0 Å². The lowest BCUT2D eigenvalue weighted by Gasteiger charge is -2.30. The summed E-state index contributed by atoms with van der Waals surface area (Å²) in [4.78, 5) is 2.50. The molecule has 0 atom stereocenters. The zero-order valence-corrected chi connectivity index (χ0v) is 30.1. The van der Waals surface area contributed by atoms with Crippen LogP contribution < -0.4 is 4.90 Å². The van der Waals surface area contributed by atoms with E-state index in [4.69, 9.17) is 4.42 Å². The van der Waals surface area contributed by atoms with E-state index >= 15 is 0 Å². The van der Waals surface area contributed by atoms with Gasteiger partial charge in [0, 0.05) is 43.9 Å². The maximum Gasteiger partial charge on any atom is 0.136 e. The first-order chi connectivity index (χ1) is 26.6. The van der Waals surface area contributed by atoms with Gasteiger partial charge in [0.25, 0.3) is 0 Å². The van der Waals surface area contributed by atoms with E-state index in [1.807, 2.05) is 6.07 Å². The first-order valence-corrected chi connectivity index (χ1v) is 18.7. The molecule has 11 rings (SSSR count). The fourth-order valence-corrected chi connectivity index (χ4v) is 9.18. The normalized spacial score (nSPS) is 13.1. The van der Waals surface area contributed by atoms with E-state index in [2.05, 4.69) is 199 Å². The third-order valence-electron chi connectivity index (χ3n) is 11.6. The average Bonchev–Trinajstić information content (AvgIpc) is 3.85. The SMILES string of the molecule is CC1(C)c2ccccc2-c2ccc(N(c3ccccc3-c3cccc4oc5ccccc5c34)c3cccc4c3c3ccccc3n4-c3ccccc3)cc21. The van der Waals surface area contributed by atoms with Gasteiger partial charge in [-0.25, -0.2) is 0 Å². The Morgan fingerprint density at radius 2 is 1.07 bits per heavy atom. The third-order valence-corrected chi connectivity index (χ3v) is 11.6. The van der Waals surface area contributed by atoms with E-state index in [9.17, 15) is 0 Å². The summed E-state index contributed by atoms with van der Waals surface area (Å²) in [5.41, 5.74) is 16.1. The number of hydrogen-bond donors (Lipinski definition) is 0. The van der Waals surface area contributed by atoms with Crippen LogP contribution in [0.4, 0.5) is 17.1 Å². The molecule has 8 aromatic carbocycles. The van der Waals surface area contributed by atoms with Crippen LogP contribution in [0.3, 0.4) is 0 Å². The van der Waals surface area contributed by atoms with Crippen molar-refractivity contribution in [1.82, 2.24) is 4.57 Å². The van der Waals surface area contributed by atoms with Gasteiger partial charge < -0.3 is 13.9 Å². The third kappa shape index (κ3) is 4.36. The van der Waals surface area contributed by atoms with E-state index in [-0.39, 0.29) is 5.41 Å². The Bertz CT molecular complexity index is 3090. The molecule has 0 saturated carbocycles. The monoisotopic (exact) mass is 692 g/mol. The second-order valence-electron chi connectivity index (χ2n) is 14.9. The molecule has 1 aliphatic carbocycles. The minimum Gasteiger partial charge on any atom is -0.456 e. The fraction of sp³-hybridized carbons (Fsp3) is 0.0588. The lowest BCUT2D eigenvalue weighted by atomic mass is 9.82. The van der Waals surface area contributed by atoms with Crippen molar-refractivity contribution < 1.29 is 4.42 Å². The summed E-state index contributed by atoms with van der Waals surface area (Å²) in [5, 5.41) is 4.67. The number of para-hydroxylation sites is 4. The predicted octanol–water partition coefficient (Wildman–Crippen LogP) is 14.1. The van der Waals surface area contributed by atoms with Crippen LogP contribution in [-0.2, 0) is 5.41 Å². The highest BCUT2D eigenvalue weighted by molar-refractivity contribution is 6.18. The van der Waals surface area contributed by atoms with E-state index < -0.39 is 0 Å². The minimum absolute atomic E-state index is 0.149. The van der Waals surface area contributed by atoms with E-state index in [1.54, 1.807) is 0 Å². The molecule has 0 fully saturated rings. The van der Waals surface area contributed by atoms with Crippen LogP contribution in [0.25, 0.3) is 71.7 Å². The van der Waals surface area contributed by atoms with Crippen LogP contribution in [0.5, 0.6) is 0 Å². The molecule has 1 aliphatic rings. The van der Waals surface area contributed by atoms with Crippen molar-refractivity contribution in [2.45, 2.75) is 19.3 Å². The zero-order chi connectivity index (χ0) is 36.0. The quantitative estimate of drug-likeness (QED) is 0.179. The van der Waals surface area contributed by atoms with Gasteiger partial charge >= 0.3 is 0 Å². The van der Waals surface area contributed by atoms with E-state index in [0.717, 1.165) is 55.8 Å². The summed E-state index contributed by atoms with van der Waals surface area (Å²) in [5.74, 6) is 0. The van der Waals surface area contributed by atoms with Crippen LogP contribution in [-0.4, -0.2) is 4.57 Å². The second-order valence-corrected chi connectivity index (χ2v) is 14.9. The number of benzene rings is 8. The highest BCUT2D eigenvalue weighted by atomic mass is 16.3. The number of rotatable bonds is 5. The van der Waals surface area contributed by atoms with Crippen LogP contribution in [0, 0.1) is 0 Å². The summed E-state index contributed by atoms with van der Waals surface area (Å²) in [6, 6.07) is 65.9. The van der Waals surface area contributed by atoms with Crippen molar-refractivity contribution in [3.05, 3.63) is 193 Å². The number of furan rings is 1. The number of nitrogens with zero attached hydrogens (tertiary/aromatic N) is 2. The molecule has 0 saturated heterocycles. The molecule has 3 heteroatoms. The van der Waals surface area contributed by atoms with Crippen LogP contribution in [0.2, 0.25) is 0 Å². The molecular formula is C51H36N2O. The molecule has 2 heterocycles. The first-order valence-electron chi connectivity index (χ1n) is 18.7. The smallest absolute Gasteiger partial charge is 0.136 e. The molecule has 0 spiro atoms. The predicted molar refractivity (Wildman–Crippen MR) is 226 cm³/mol. The first kappa shape index (κ1) is 30.8. The molecular weight excluding hydrogens is 657 g/mol. The summed E-state index contributed by atoms with van der Waals surface area (Å²) < 4.78 is 8.82. The number of fused-ring (bicyclic) bond motifs is 9. The topological polar surface area (TPSA) is 21.3 Å². The molecule has 10 aromatic rings. The van der Waals surface area contributed by atoms with Crippen molar-refractivity contribution in [2.24, 2.45) is 0 Å². The Labute approximate surface area is 314 Å². The van der Waals surface area contributed by atoms with Gasteiger partial charge in [0.1, 0.15) is 11.2 Å². The van der Waals surface area contributed by atoms with Crippen molar-refractivity contribution in [1.29, 1.82) is 0 Å². The summed E-state index contributed by atoms with van der Waals surface area (Å²) in [6.45, 7) is 4.72.